The van der Waals surface area contributed by atoms with Gasteiger partial charge in [0.25, 0.3) is 0 Å². The lowest BCUT2D eigenvalue weighted by Gasteiger charge is -2.29. The van der Waals surface area contributed by atoms with Gasteiger partial charge in [0.1, 0.15) is 11.9 Å². The van der Waals surface area contributed by atoms with Crippen LogP contribution in [0, 0.1) is 0 Å². The molecule has 3 rings (SSSR count). The molecule has 1 aliphatic heterocycles. The Hall–Kier alpha value is -1.33. The van der Waals surface area contributed by atoms with Crippen molar-refractivity contribution in [3.05, 3.63) is 46.5 Å². The number of hydrogen-bond donors (Lipinski definition) is 1. The Morgan fingerprint density at radius 3 is 3.06 bits per heavy atom. The minimum absolute atomic E-state index is 0.152. The first-order valence-corrected chi connectivity index (χ1v) is 6.55. The maximum absolute atomic E-state index is 10.2. The van der Waals surface area contributed by atoms with Gasteiger partial charge >= 0.3 is 0 Å². The van der Waals surface area contributed by atoms with E-state index in [1.54, 1.807) is 12.5 Å². The van der Waals surface area contributed by atoms with Gasteiger partial charge < -0.3 is 14.4 Å². The first kappa shape index (κ1) is 11.7. The number of aryl methyl sites for hydroxylation is 1. The van der Waals surface area contributed by atoms with Crippen molar-refractivity contribution < 1.29 is 9.84 Å². The van der Waals surface area contributed by atoms with E-state index < -0.39 is 6.10 Å². The summed E-state index contributed by atoms with van der Waals surface area (Å²) < 4.78 is 8.81. The van der Waals surface area contributed by atoms with Gasteiger partial charge in [-0.2, -0.15) is 0 Å². The van der Waals surface area contributed by atoms with Crippen LogP contribution in [0.5, 0.6) is 5.75 Å². The number of nitrogens with zero attached hydrogens (tertiary/aromatic N) is 2. The van der Waals surface area contributed by atoms with Gasteiger partial charge in [-0.25, -0.2) is 4.98 Å². The summed E-state index contributed by atoms with van der Waals surface area (Å²) >= 11 is 3.40. The fourth-order valence-electron chi connectivity index (χ4n) is 2.28. The molecule has 0 aliphatic carbocycles. The predicted molar refractivity (Wildman–Crippen MR) is 70.3 cm³/mol. The van der Waals surface area contributed by atoms with Crippen molar-refractivity contribution in [1.29, 1.82) is 0 Å². The van der Waals surface area contributed by atoms with Crippen LogP contribution in [-0.2, 0) is 7.05 Å². The van der Waals surface area contributed by atoms with E-state index in [0.29, 0.717) is 6.42 Å². The molecule has 18 heavy (non-hydrogen) atoms. The van der Waals surface area contributed by atoms with Gasteiger partial charge in [0.2, 0.25) is 0 Å². The van der Waals surface area contributed by atoms with Crippen LogP contribution in [0.4, 0.5) is 0 Å². The molecular formula is C13H13BrN2O2. The zero-order valence-corrected chi connectivity index (χ0v) is 11.5. The van der Waals surface area contributed by atoms with E-state index in [9.17, 15) is 5.11 Å². The second kappa shape index (κ2) is 4.40. The molecule has 2 heterocycles. The second-order valence-electron chi connectivity index (χ2n) is 4.47. The fourth-order valence-corrected chi connectivity index (χ4v) is 2.66. The first-order chi connectivity index (χ1) is 8.65. The minimum Gasteiger partial charge on any atom is -0.484 e. The summed E-state index contributed by atoms with van der Waals surface area (Å²) in [6, 6.07) is 5.70. The van der Waals surface area contributed by atoms with Crippen molar-refractivity contribution in [3.8, 4) is 5.75 Å². The number of aliphatic hydroxyl groups excluding tert-OH is 1. The highest BCUT2D eigenvalue weighted by molar-refractivity contribution is 9.10. The van der Waals surface area contributed by atoms with Gasteiger partial charge in [0.15, 0.2) is 0 Å². The smallest absolute Gasteiger partial charge is 0.143 e. The van der Waals surface area contributed by atoms with E-state index in [0.717, 1.165) is 21.5 Å². The van der Waals surface area contributed by atoms with Crippen molar-refractivity contribution in [1.82, 2.24) is 9.55 Å². The van der Waals surface area contributed by atoms with E-state index in [1.165, 1.54) is 0 Å². The highest BCUT2D eigenvalue weighted by Crippen LogP contribution is 2.41. The van der Waals surface area contributed by atoms with E-state index >= 15 is 0 Å². The molecule has 94 valence electrons. The Morgan fingerprint density at radius 2 is 2.33 bits per heavy atom. The molecule has 4 nitrogen and oxygen atoms in total. The largest absolute Gasteiger partial charge is 0.484 e. The van der Waals surface area contributed by atoms with Crippen molar-refractivity contribution in [2.45, 2.75) is 18.6 Å². The molecule has 0 amide bonds. The topological polar surface area (TPSA) is 47.3 Å². The van der Waals surface area contributed by atoms with E-state index in [2.05, 4.69) is 20.9 Å². The Kier molecular flexibility index (Phi) is 2.87. The molecule has 1 aliphatic rings. The normalized spacial score (nSPS) is 22.4. The molecule has 2 atom stereocenters. The maximum Gasteiger partial charge on any atom is 0.143 e. The molecule has 5 heteroatoms. The average Bonchev–Trinajstić information content (AvgIpc) is 2.76. The Morgan fingerprint density at radius 1 is 1.50 bits per heavy atom. The van der Waals surface area contributed by atoms with E-state index in [1.807, 2.05) is 29.8 Å². The van der Waals surface area contributed by atoms with Crippen LogP contribution < -0.4 is 4.74 Å². The van der Waals surface area contributed by atoms with Crippen molar-refractivity contribution in [2.24, 2.45) is 7.05 Å². The van der Waals surface area contributed by atoms with Crippen LogP contribution in [0.1, 0.15) is 29.9 Å². The Bertz CT molecular complexity index is 582. The number of halogens is 1. The molecule has 1 N–H and O–H groups in total. The van der Waals surface area contributed by atoms with Gasteiger partial charge in [-0.05, 0) is 18.2 Å². The average molecular weight is 309 g/mol. The number of ether oxygens (including phenoxy) is 1. The third kappa shape index (κ3) is 1.93. The Labute approximate surface area is 113 Å². The summed E-state index contributed by atoms with van der Waals surface area (Å²) in [6.45, 7) is 0. The number of aliphatic hydroxyl groups is 1. The molecule has 0 spiro atoms. The molecule has 1 unspecified atom stereocenters. The summed E-state index contributed by atoms with van der Waals surface area (Å²) in [5.41, 5.74) is 1.81. The molecule has 0 radical (unpaired) electrons. The molecule has 0 saturated heterocycles. The molecule has 0 bridgehead atoms. The lowest BCUT2D eigenvalue weighted by atomic mass is 9.98. The van der Waals surface area contributed by atoms with Crippen molar-refractivity contribution in [3.63, 3.8) is 0 Å². The minimum atomic E-state index is -0.508. The van der Waals surface area contributed by atoms with E-state index in [-0.39, 0.29) is 6.10 Å². The third-order valence-electron chi connectivity index (χ3n) is 3.22. The van der Waals surface area contributed by atoms with Crippen LogP contribution in [0.2, 0.25) is 0 Å². The Balaban J connectivity index is 1.97. The standard InChI is InChI=1S/C13H13BrN2O2/c1-16-7-15-6-10(16)13-5-11(17)9-4-8(14)2-3-12(9)18-13/h2-4,6-7,11,13,17H,5H2,1H3/t11-,13?/m1/s1. The summed E-state index contributed by atoms with van der Waals surface area (Å²) in [5.74, 6) is 0.739. The molecule has 1 aromatic carbocycles. The van der Waals surface area contributed by atoms with Crippen LogP contribution >= 0.6 is 15.9 Å². The van der Waals surface area contributed by atoms with Gasteiger partial charge in [-0.15, -0.1) is 0 Å². The van der Waals surface area contributed by atoms with E-state index in [4.69, 9.17) is 4.74 Å². The number of benzene rings is 1. The highest BCUT2D eigenvalue weighted by Gasteiger charge is 2.29. The monoisotopic (exact) mass is 308 g/mol. The van der Waals surface area contributed by atoms with Crippen LogP contribution in [-0.4, -0.2) is 14.7 Å². The summed E-state index contributed by atoms with van der Waals surface area (Å²) in [7, 11) is 1.93. The third-order valence-corrected chi connectivity index (χ3v) is 3.71. The number of hydrogen-bond acceptors (Lipinski definition) is 3. The van der Waals surface area contributed by atoms with Crippen LogP contribution in [0.15, 0.2) is 35.2 Å². The van der Waals surface area contributed by atoms with Crippen LogP contribution in [0.3, 0.4) is 0 Å². The number of imidazole rings is 1. The number of fused-ring (bicyclic) bond motifs is 1. The van der Waals surface area contributed by atoms with Gasteiger partial charge in [0.05, 0.1) is 24.3 Å². The maximum atomic E-state index is 10.2. The first-order valence-electron chi connectivity index (χ1n) is 5.75. The van der Waals surface area contributed by atoms with Crippen molar-refractivity contribution in [2.75, 3.05) is 0 Å². The molecular weight excluding hydrogens is 296 g/mol. The number of aromatic nitrogens is 2. The lowest BCUT2D eigenvalue weighted by Crippen LogP contribution is -2.20. The SMILES string of the molecule is Cn1cncc1C1C[C@@H](O)c2cc(Br)ccc2O1. The van der Waals surface area contributed by atoms with Gasteiger partial charge in [0, 0.05) is 23.5 Å². The molecule has 0 fully saturated rings. The molecule has 1 aromatic heterocycles. The molecule has 2 aromatic rings. The fraction of sp³-hybridized carbons (Fsp3) is 0.308. The summed E-state index contributed by atoms with van der Waals surface area (Å²) in [5, 5.41) is 10.2. The van der Waals surface area contributed by atoms with Crippen LogP contribution in [0.25, 0.3) is 0 Å². The zero-order valence-electron chi connectivity index (χ0n) is 9.88. The predicted octanol–water partition coefficient (Wildman–Crippen LogP) is 2.74. The van der Waals surface area contributed by atoms with Gasteiger partial charge in [-0.3, -0.25) is 0 Å². The number of rotatable bonds is 1. The lowest BCUT2D eigenvalue weighted by molar-refractivity contribution is 0.0622. The highest BCUT2D eigenvalue weighted by atomic mass is 79.9. The quantitative estimate of drug-likeness (QED) is 0.881. The second-order valence-corrected chi connectivity index (χ2v) is 5.39. The van der Waals surface area contributed by atoms with Crippen molar-refractivity contribution >= 4 is 15.9 Å². The van der Waals surface area contributed by atoms with Gasteiger partial charge in [-0.1, -0.05) is 15.9 Å². The summed E-state index contributed by atoms with van der Waals surface area (Å²) in [6.07, 6.45) is 3.40. The molecule has 0 saturated carbocycles. The summed E-state index contributed by atoms with van der Waals surface area (Å²) in [4.78, 5) is 4.09. The zero-order chi connectivity index (χ0) is 12.7.